The normalized spacial score (nSPS) is 12.1. The average molecular weight is 459 g/mol. The minimum Gasteiger partial charge on any atom is -0.355 e. The number of likely N-dealkylation sites (N-methyl/N-ethyl adjacent to an activating group) is 1. The van der Waals surface area contributed by atoms with Gasteiger partial charge in [-0.15, -0.1) is 24.0 Å². The highest BCUT2D eigenvalue weighted by atomic mass is 127. The molecule has 0 aromatic heterocycles. The molecule has 0 fully saturated rings. The molecule has 22 heavy (non-hydrogen) atoms. The first kappa shape index (κ1) is 21.8. The molecule has 0 atom stereocenters. The summed E-state index contributed by atoms with van der Waals surface area (Å²) in [6.45, 7) is 5.72. The molecule has 4 nitrogen and oxygen atoms in total. The van der Waals surface area contributed by atoms with Crippen molar-refractivity contribution in [2.24, 2.45) is 4.99 Å². The Bertz CT molecular complexity index is 504. The van der Waals surface area contributed by atoms with Crippen LogP contribution in [-0.4, -0.2) is 44.1 Å². The molecule has 0 unspecified atom stereocenters. The predicted octanol–water partition coefficient (Wildman–Crippen LogP) is 3.62. The molecule has 0 aliphatic rings. The molecule has 0 amide bonds. The van der Waals surface area contributed by atoms with Crippen molar-refractivity contribution in [1.82, 2.24) is 15.5 Å². The van der Waals surface area contributed by atoms with Crippen LogP contribution in [0.25, 0.3) is 0 Å². The van der Waals surface area contributed by atoms with E-state index >= 15 is 0 Å². The van der Waals surface area contributed by atoms with Crippen molar-refractivity contribution < 1.29 is 0 Å². The molecular weight excluding hydrogens is 434 g/mol. The Morgan fingerprint density at radius 2 is 1.86 bits per heavy atom. The topological polar surface area (TPSA) is 39.7 Å². The third kappa shape index (κ3) is 6.89. The third-order valence-electron chi connectivity index (χ3n) is 3.58. The minimum atomic E-state index is 0. The van der Waals surface area contributed by atoms with Gasteiger partial charge in [-0.05, 0) is 45.6 Å². The summed E-state index contributed by atoms with van der Waals surface area (Å²) in [7, 11) is 5.87. The second-order valence-electron chi connectivity index (χ2n) is 5.72. The number of rotatable bonds is 5. The lowest BCUT2D eigenvalue weighted by molar-refractivity contribution is 0.197. The monoisotopic (exact) mass is 458 g/mol. The van der Waals surface area contributed by atoms with Crippen molar-refractivity contribution in [3.8, 4) is 0 Å². The van der Waals surface area contributed by atoms with Gasteiger partial charge in [0.2, 0.25) is 0 Å². The number of hydrogen-bond donors (Lipinski definition) is 2. The van der Waals surface area contributed by atoms with Crippen molar-refractivity contribution in [1.29, 1.82) is 0 Å². The number of nitrogens with one attached hydrogen (secondary N) is 2. The molecular formula is C15H25Cl2IN4. The van der Waals surface area contributed by atoms with E-state index in [4.69, 9.17) is 23.2 Å². The molecule has 126 valence electrons. The highest BCUT2D eigenvalue weighted by molar-refractivity contribution is 14.0. The summed E-state index contributed by atoms with van der Waals surface area (Å²) in [6, 6.07) is 5.48. The van der Waals surface area contributed by atoms with Crippen LogP contribution in [0, 0.1) is 0 Å². The lowest BCUT2D eigenvalue weighted by atomic mass is 10.0. The van der Waals surface area contributed by atoms with Crippen LogP contribution in [0.2, 0.25) is 10.0 Å². The fraction of sp³-hybridized carbons (Fsp3) is 0.533. The maximum atomic E-state index is 6.16. The second kappa shape index (κ2) is 9.80. The Labute approximate surface area is 160 Å². The van der Waals surface area contributed by atoms with Gasteiger partial charge in [0.1, 0.15) is 0 Å². The second-order valence-corrected chi connectivity index (χ2v) is 6.57. The standard InChI is InChI=1S/C15H24Cl2N4.HI/c1-15(2,21(4)5)10-20-14(18-3)19-9-11-6-7-12(16)8-13(11)17;/h6-8H,9-10H2,1-5H3,(H2,18,19,20);1H. The van der Waals surface area contributed by atoms with Crippen LogP contribution in [-0.2, 0) is 6.54 Å². The maximum Gasteiger partial charge on any atom is 0.191 e. The molecule has 0 saturated carbocycles. The van der Waals surface area contributed by atoms with Gasteiger partial charge >= 0.3 is 0 Å². The quantitative estimate of drug-likeness (QED) is 0.402. The van der Waals surface area contributed by atoms with Crippen LogP contribution >= 0.6 is 47.2 Å². The van der Waals surface area contributed by atoms with Gasteiger partial charge in [0.25, 0.3) is 0 Å². The van der Waals surface area contributed by atoms with E-state index in [9.17, 15) is 0 Å². The van der Waals surface area contributed by atoms with E-state index in [1.54, 1.807) is 13.1 Å². The van der Waals surface area contributed by atoms with Gasteiger partial charge in [-0.2, -0.15) is 0 Å². The van der Waals surface area contributed by atoms with E-state index in [-0.39, 0.29) is 29.5 Å². The number of nitrogens with zero attached hydrogens (tertiary/aromatic N) is 2. The fourth-order valence-electron chi connectivity index (χ4n) is 1.52. The van der Waals surface area contributed by atoms with Crippen LogP contribution in [0.15, 0.2) is 23.2 Å². The number of guanidine groups is 1. The summed E-state index contributed by atoms with van der Waals surface area (Å²) < 4.78 is 0. The molecule has 0 aliphatic heterocycles. The zero-order valence-electron chi connectivity index (χ0n) is 13.7. The SMILES string of the molecule is CN=C(NCc1ccc(Cl)cc1Cl)NCC(C)(C)N(C)C.I. The van der Waals surface area contributed by atoms with Crippen LogP contribution in [0.3, 0.4) is 0 Å². The Kier molecular flexibility index (Phi) is 9.69. The van der Waals surface area contributed by atoms with E-state index in [2.05, 4.69) is 48.5 Å². The van der Waals surface area contributed by atoms with Crippen molar-refractivity contribution in [3.05, 3.63) is 33.8 Å². The number of benzene rings is 1. The Hall–Kier alpha value is -0.240. The number of halogens is 3. The zero-order valence-corrected chi connectivity index (χ0v) is 17.5. The van der Waals surface area contributed by atoms with Gasteiger partial charge in [0, 0.05) is 35.7 Å². The van der Waals surface area contributed by atoms with Gasteiger partial charge in [-0.1, -0.05) is 29.3 Å². The molecule has 1 rings (SSSR count). The third-order valence-corrected chi connectivity index (χ3v) is 4.17. The average Bonchev–Trinajstić information content (AvgIpc) is 2.40. The summed E-state index contributed by atoms with van der Waals surface area (Å²) in [5.41, 5.74) is 1.02. The van der Waals surface area contributed by atoms with E-state index in [0.717, 1.165) is 18.1 Å². The lowest BCUT2D eigenvalue weighted by Crippen LogP contribution is -2.50. The maximum absolute atomic E-state index is 6.16. The van der Waals surface area contributed by atoms with Crippen molar-refractivity contribution in [3.63, 3.8) is 0 Å². The minimum absolute atomic E-state index is 0. The van der Waals surface area contributed by atoms with E-state index in [1.165, 1.54) is 0 Å². The molecule has 1 aromatic rings. The van der Waals surface area contributed by atoms with Crippen LogP contribution in [0.4, 0.5) is 0 Å². The molecule has 0 bridgehead atoms. The summed E-state index contributed by atoms with van der Waals surface area (Å²) in [5.74, 6) is 0.746. The number of aliphatic imine (C=N–C) groups is 1. The van der Waals surface area contributed by atoms with Crippen molar-refractivity contribution >= 4 is 53.1 Å². The van der Waals surface area contributed by atoms with E-state index in [0.29, 0.717) is 16.6 Å². The Morgan fingerprint density at radius 1 is 1.23 bits per heavy atom. The first-order valence-electron chi connectivity index (χ1n) is 6.82. The predicted molar refractivity (Wildman–Crippen MR) is 108 cm³/mol. The number of hydrogen-bond acceptors (Lipinski definition) is 2. The van der Waals surface area contributed by atoms with Gasteiger partial charge in [0.05, 0.1) is 0 Å². The Balaban J connectivity index is 0.00000441. The summed E-state index contributed by atoms with van der Waals surface area (Å²) in [6.07, 6.45) is 0. The molecule has 0 aliphatic carbocycles. The lowest BCUT2D eigenvalue weighted by Gasteiger charge is -2.33. The van der Waals surface area contributed by atoms with Gasteiger partial charge in [-0.25, -0.2) is 0 Å². The molecule has 1 aromatic carbocycles. The summed E-state index contributed by atoms with van der Waals surface area (Å²) in [4.78, 5) is 6.39. The van der Waals surface area contributed by atoms with E-state index < -0.39 is 0 Å². The molecule has 0 saturated heterocycles. The molecule has 7 heteroatoms. The summed E-state index contributed by atoms with van der Waals surface area (Å²) in [5, 5.41) is 7.86. The van der Waals surface area contributed by atoms with Gasteiger partial charge < -0.3 is 15.5 Å². The summed E-state index contributed by atoms with van der Waals surface area (Å²) >= 11 is 12.0. The largest absolute Gasteiger partial charge is 0.355 e. The van der Waals surface area contributed by atoms with E-state index in [1.807, 2.05) is 12.1 Å². The fourth-order valence-corrected chi connectivity index (χ4v) is 2.00. The van der Waals surface area contributed by atoms with Crippen LogP contribution in [0.5, 0.6) is 0 Å². The first-order chi connectivity index (χ1) is 9.76. The highest BCUT2D eigenvalue weighted by Gasteiger charge is 2.20. The van der Waals surface area contributed by atoms with Crippen molar-refractivity contribution in [2.45, 2.75) is 25.9 Å². The van der Waals surface area contributed by atoms with Gasteiger partial charge in [-0.3, -0.25) is 4.99 Å². The molecule has 0 radical (unpaired) electrons. The Morgan fingerprint density at radius 3 is 2.36 bits per heavy atom. The smallest absolute Gasteiger partial charge is 0.191 e. The molecule has 2 N–H and O–H groups in total. The van der Waals surface area contributed by atoms with Gasteiger partial charge in [0.15, 0.2) is 5.96 Å². The first-order valence-corrected chi connectivity index (χ1v) is 7.57. The van der Waals surface area contributed by atoms with Crippen LogP contribution in [0.1, 0.15) is 19.4 Å². The zero-order chi connectivity index (χ0) is 16.0. The highest BCUT2D eigenvalue weighted by Crippen LogP contribution is 2.20. The van der Waals surface area contributed by atoms with Crippen LogP contribution < -0.4 is 10.6 Å². The molecule has 0 heterocycles. The molecule has 0 spiro atoms. The van der Waals surface area contributed by atoms with Crippen molar-refractivity contribution in [2.75, 3.05) is 27.7 Å².